The van der Waals surface area contributed by atoms with Crippen molar-refractivity contribution in [3.63, 3.8) is 0 Å². The topological polar surface area (TPSA) is 66.9 Å². The van der Waals surface area contributed by atoms with E-state index in [2.05, 4.69) is 6.58 Å². The zero-order valence-electron chi connectivity index (χ0n) is 16.8. The SMILES string of the molecule is C=CCOc1ccc(CN(C)S(=O)(=O)c2ccc3c(c2)CCCN3C(C)=O)cc1. The van der Waals surface area contributed by atoms with Crippen molar-refractivity contribution < 1.29 is 17.9 Å². The molecule has 0 spiro atoms. The Hall–Kier alpha value is -2.64. The fraction of sp³-hybridized carbons (Fsp3) is 0.318. The summed E-state index contributed by atoms with van der Waals surface area (Å²) in [7, 11) is -2.08. The molecule has 0 radical (unpaired) electrons. The Morgan fingerprint density at radius 1 is 1.24 bits per heavy atom. The van der Waals surface area contributed by atoms with E-state index < -0.39 is 10.0 Å². The van der Waals surface area contributed by atoms with Crippen molar-refractivity contribution in [1.82, 2.24) is 4.31 Å². The molecule has 29 heavy (non-hydrogen) atoms. The molecule has 0 saturated carbocycles. The second kappa shape index (κ2) is 8.80. The highest BCUT2D eigenvalue weighted by Crippen LogP contribution is 2.30. The Kier molecular flexibility index (Phi) is 6.39. The number of carbonyl (C=O) groups excluding carboxylic acids is 1. The number of ether oxygens (including phenoxy) is 1. The maximum atomic E-state index is 13.1. The minimum Gasteiger partial charge on any atom is -0.490 e. The fourth-order valence-corrected chi connectivity index (χ4v) is 4.64. The first-order valence-electron chi connectivity index (χ1n) is 9.53. The molecule has 0 aromatic heterocycles. The summed E-state index contributed by atoms with van der Waals surface area (Å²) in [5, 5.41) is 0. The van der Waals surface area contributed by atoms with Gasteiger partial charge in [-0.1, -0.05) is 24.8 Å². The van der Waals surface area contributed by atoms with Crippen LogP contribution in [-0.4, -0.2) is 38.8 Å². The van der Waals surface area contributed by atoms with Gasteiger partial charge in [-0.3, -0.25) is 4.79 Å². The van der Waals surface area contributed by atoms with Gasteiger partial charge in [-0.2, -0.15) is 4.31 Å². The standard InChI is InChI=1S/C22H26N2O4S/c1-4-14-28-20-9-7-18(8-10-20)16-23(3)29(26,27)21-11-12-22-19(15-21)6-5-13-24(22)17(2)25/h4,7-12,15H,1,5-6,13-14,16H2,2-3H3. The van der Waals surface area contributed by atoms with Crippen molar-refractivity contribution in [3.05, 3.63) is 66.2 Å². The van der Waals surface area contributed by atoms with Crippen LogP contribution in [0.5, 0.6) is 5.75 Å². The number of amides is 1. The van der Waals surface area contributed by atoms with Crippen LogP contribution in [0.15, 0.2) is 60.0 Å². The number of benzene rings is 2. The van der Waals surface area contributed by atoms with Crippen molar-refractivity contribution in [2.75, 3.05) is 25.1 Å². The lowest BCUT2D eigenvalue weighted by atomic mass is 10.0. The smallest absolute Gasteiger partial charge is 0.243 e. The van der Waals surface area contributed by atoms with E-state index in [0.717, 1.165) is 29.7 Å². The summed E-state index contributed by atoms with van der Waals surface area (Å²) in [6.45, 7) is 6.48. The first-order valence-corrected chi connectivity index (χ1v) is 11.0. The number of aryl methyl sites for hydroxylation is 1. The lowest BCUT2D eigenvalue weighted by Gasteiger charge is -2.29. The number of rotatable bonds is 7. The van der Waals surface area contributed by atoms with E-state index in [1.165, 1.54) is 11.2 Å². The Labute approximate surface area is 172 Å². The zero-order chi connectivity index (χ0) is 21.0. The number of nitrogens with zero attached hydrogens (tertiary/aromatic N) is 2. The van der Waals surface area contributed by atoms with Gasteiger partial charge in [-0.25, -0.2) is 8.42 Å². The van der Waals surface area contributed by atoms with Crippen LogP contribution in [-0.2, 0) is 27.8 Å². The second-order valence-corrected chi connectivity index (χ2v) is 9.11. The van der Waals surface area contributed by atoms with Gasteiger partial charge < -0.3 is 9.64 Å². The number of anilines is 1. The van der Waals surface area contributed by atoms with Crippen LogP contribution in [0, 0.1) is 0 Å². The molecule has 0 N–H and O–H groups in total. The summed E-state index contributed by atoms with van der Waals surface area (Å²) in [6, 6.07) is 12.3. The maximum Gasteiger partial charge on any atom is 0.243 e. The van der Waals surface area contributed by atoms with Crippen LogP contribution in [0.4, 0.5) is 5.69 Å². The Morgan fingerprint density at radius 3 is 2.62 bits per heavy atom. The van der Waals surface area contributed by atoms with E-state index in [0.29, 0.717) is 18.9 Å². The molecule has 0 aliphatic carbocycles. The molecule has 1 aliphatic heterocycles. The monoisotopic (exact) mass is 414 g/mol. The van der Waals surface area contributed by atoms with Crippen LogP contribution in [0.2, 0.25) is 0 Å². The fourth-order valence-electron chi connectivity index (χ4n) is 3.43. The van der Waals surface area contributed by atoms with Gasteiger partial charge in [0.1, 0.15) is 12.4 Å². The predicted octanol–water partition coefficient (Wildman–Crippen LogP) is 3.37. The summed E-state index contributed by atoms with van der Waals surface area (Å²) in [5.41, 5.74) is 2.56. The van der Waals surface area contributed by atoms with Crippen LogP contribution in [0.3, 0.4) is 0 Å². The Bertz CT molecular complexity index is 1000. The largest absolute Gasteiger partial charge is 0.490 e. The normalized spacial score (nSPS) is 13.8. The van der Waals surface area contributed by atoms with Crippen molar-refractivity contribution in [1.29, 1.82) is 0 Å². The van der Waals surface area contributed by atoms with E-state index in [9.17, 15) is 13.2 Å². The van der Waals surface area contributed by atoms with Crippen molar-refractivity contribution in [2.45, 2.75) is 31.2 Å². The Balaban J connectivity index is 1.78. The van der Waals surface area contributed by atoms with Crippen LogP contribution < -0.4 is 9.64 Å². The minimum absolute atomic E-state index is 0.0285. The predicted molar refractivity (Wildman–Crippen MR) is 114 cm³/mol. The van der Waals surface area contributed by atoms with Gasteiger partial charge in [0.25, 0.3) is 0 Å². The molecule has 2 aromatic rings. The number of hydrogen-bond acceptors (Lipinski definition) is 4. The molecule has 1 aliphatic rings. The third-order valence-corrected chi connectivity index (χ3v) is 6.75. The minimum atomic E-state index is -3.65. The Morgan fingerprint density at radius 2 is 1.97 bits per heavy atom. The average molecular weight is 415 g/mol. The summed E-state index contributed by atoms with van der Waals surface area (Å²) >= 11 is 0. The van der Waals surface area contributed by atoms with Gasteiger partial charge in [0.15, 0.2) is 0 Å². The third kappa shape index (κ3) is 4.68. The number of sulfonamides is 1. The van der Waals surface area contributed by atoms with Crippen molar-refractivity contribution >= 4 is 21.6 Å². The van der Waals surface area contributed by atoms with E-state index in [-0.39, 0.29) is 17.3 Å². The van der Waals surface area contributed by atoms with Gasteiger partial charge in [0.05, 0.1) is 4.90 Å². The summed E-state index contributed by atoms with van der Waals surface area (Å²) < 4.78 is 32.9. The van der Waals surface area contributed by atoms with Crippen LogP contribution in [0.25, 0.3) is 0 Å². The van der Waals surface area contributed by atoms with E-state index in [1.54, 1.807) is 36.2 Å². The molecular formula is C22H26N2O4S. The third-order valence-electron chi connectivity index (χ3n) is 4.95. The summed E-state index contributed by atoms with van der Waals surface area (Å²) in [4.78, 5) is 13.8. The van der Waals surface area contributed by atoms with E-state index in [4.69, 9.17) is 4.74 Å². The number of fused-ring (bicyclic) bond motifs is 1. The van der Waals surface area contributed by atoms with Gasteiger partial charge in [-0.05, 0) is 54.3 Å². The molecular weight excluding hydrogens is 388 g/mol. The first-order chi connectivity index (χ1) is 13.8. The second-order valence-electron chi connectivity index (χ2n) is 7.07. The molecule has 2 aromatic carbocycles. The lowest BCUT2D eigenvalue weighted by molar-refractivity contribution is -0.116. The van der Waals surface area contributed by atoms with Gasteiger partial charge in [-0.15, -0.1) is 0 Å². The van der Waals surface area contributed by atoms with E-state index in [1.807, 2.05) is 24.3 Å². The molecule has 1 amide bonds. The molecule has 3 rings (SSSR count). The maximum absolute atomic E-state index is 13.1. The summed E-state index contributed by atoms with van der Waals surface area (Å²) in [6.07, 6.45) is 3.26. The highest BCUT2D eigenvalue weighted by atomic mass is 32.2. The molecule has 0 fully saturated rings. The molecule has 1 heterocycles. The van der Waals surface area contributed by atoms with Gasteiger partial charge in [0.2, 0.25) is 15.9 Å². The highest BCUT2D eigenvalue weighted by molar-refractivity contribution is 7.89. The molecule has 0 saturated heterocycles. The molecule has 154 valence electrons. The van der Waals surface area contributed by atoms with Crippen LogP contribution >= 0.6 is 0 Å². The quantitative estimate of drug-likeness (QED) is 0.652. The lowest BCUT2D eigenvalue weighted by Crippen LogP contribution is -2.34. The van der Waals surface area contributed by atoms with E-state index >= 15 is 0 Å². The molecule has 0 unspecified atom stereocenters. The molecule has 6 nitrogen and oxygen atoms in total. The molecule has 7 heteroatoms. The zero-order valence-corrected chi connectivity index (χ0v) is 17.6. The van der Waals surface area contributed by atoms with Gasteiger partial charge in [0, 0.05) is 32.7 Å². The summed E-state index contributed by atoms with van der Waals surface area (Å²) in [5.74, 6) is 0.683. The van der Waals surface area contributed by atoms with Crippen molar-refractivity contribution in [2.24, 2.45) is 0 Å². The van der Waals surface area contributed by atoms with Crippen LogP contribution in [0.1, 0.15) is 24.5 Å². The molecule has 0 bridgehead atoms. The first kappa shape index (κ1) is 21.1. The average Bonchev–Trinajstić information content (AvgIpc) is 2.72. The van der Waals surface area contributed by atoms with Crippen molar-refractivity contribution in [3.8, 4) is 5.75 Å². The molecule has 0 atom stereocenters. The highest BCUT2D eigenvalue weighted by Gasteiger charge is 2.25. The number of carbonyl (C=O) groups is 1. The van der Waals surface area contributed by atoms with Gasteiger partial charge >= 0.3 is 0 Å². The number of hydrogen-bond donors (Lipinski definition) is 0.